The Morgan fingerprint density at radius 2 is 2.00 bits per heavy atom. The molecule has 0 bridgehead atoms. The van der Waals surface area contributed by atoms with Crippen molar-refractivity contribution in [3.8, 4) is 0 Å². The minimum atomic E-state index is -5.66. The summed E-state index contributed by atoms with van der Waals surface area (Å²) in [6.45, 7) is 4.93. The molecule has 2 atom stereocenters. The largest absolute Gasteiger partial charge is 0.458 e. The topological polar surface area (TPSA) is 107 Å². The summed E-state index contributed by atoms with van der Waals surface area (Å²) in [7, 11) is -5.66. The van der Waals surface area contributed by atoms with Crippen LogP contribution in [0, 0.1) is 5.92 Å². The Morgan fingerprint density at radius 1 is 1.42 bits per heavy atom. The van der Waals surface area contributed by atoms with E-state index in [1.54, 1.807) is 6.92 Å². The quantitative estimate of drug-likeness (QED) is 0.415. The molecular formula is C14H20F2O7S. The first kappa shape index (κ1) is 20.5. The standard InChI is InChI=1S/C14H20F2O7S/c1-4-13(23-11(17)9(2)3)6-5-10(7-13)12(18)22-8-14(15,16)24(19,20)21/h10H,2,4-8H2,1,3H3,(H,19,20,21). The number of esters is 2. The summed E-state index contributed by atoms with van der Waals surface area (Å²) >= 11 is 0. The lowest BCUT2D eigenvalue weighted by atomic mass is 9.96. The van der Waals surface area contributed by atoms with Crippen LogP contribution >= 0.6 is 0 Å². The molecule has 138 valence electrons. The van der Waals surface area contributed by atoms with Gasteiger partial charge in [-0.25, -0.2) is 4.79 Å². The zero-order valence-corrected chi connectivity index (χ0v) is 14.2. The molecule has 0 spiro atoms. The highest BCUT2D eigenvalue weighted by atomic mass is 32.2. The summed E-state index contributed by atoms with van der Waals surface area (Å²) in [6.07, 6.45) is 1.08. The van der Waals surface area contributed by atoms with E-state index in [4.69, 9.17) is 9.29 Å². The van der Waals surface area contributed by atoms with Crippen LogP contribution in [0.5, 0.6) is 0 Å². The number of rotatable bonds is 7. The molecule has 1 aliphatic carbocycles. The molecule has 1 saturated carbocycles. The summed E-state index contributed by atoms with van der Waals surface area (Å²) in [6, 6.07) is 0. The summed E-state index contributed by atoms with van der Waals surface area (Å²) in [5.74, 6) is -2.44. The maximum atomic E-state index is 13.1. The molecule has 1 rings (SSSR count). The minimum absolute atomic E-state index is 0.0821. The number of ether oxygens (including phenoxy) is 2. The normalized spacial score (nSPS) is 24.5. The van der Waals surface area contributed by atoms with Gasteiger partial charge in [0, 0.05) is 12.0 Å². The lowest BCUT2D eigenvalue weighted by Crippen LogP contribution is -2.36. The Hall–Kier alpha value is -1.55. The number of carbonyl (C=O) groups excluding carboxylic acids is 2. The Labute approximate surface area is 138 Å². The summed E-state index contributed by atoms with van der Waals surface area (Å²) in [5, 5.41) is -4.57. The van der Waals surface area contributed by atoms with Crippen molar-refractivity contribution in [2.75, 3.05) is 6.61 Å². The molecule has 7 nitrogen and oxygen atoms in total. The lowest BCUT2D eigenvalue weighted by Gasteiger charge is -2.28. The van der Waals surface area contributed by atoms with E-state index in [0.717, 1.165) is 0 Å². The van der Waals surface area contributed by atoms with Gasteiger partial charge in [0.2, 0.25) is 0 Å². The highest BCUT2D eigenvalue weighted by Gasteiger charge is 2.48. The predicted octanol–water partition coefficient (Wildman–Crippen LogP) is 2.08. The Bertz CT molecular complexity index is 629. The third-order valence-corrected chi connectivity index (χ3v) is 4.83. The molecule has 0 radical (unpaired) electrons. The zero-order chi connectivity index (χ0) is 18.8. The van der Waals surface area contributed by atoms with Crippen LogP contribution in [0.15, 0.2) is 12.2 Å². The van der Waals surface area contributed by atoms with Gasteiger partial charge < -0.3 is 9.47 Å². The van der Waals surface area contributed by atoms with Crippen molar-refractivity contribution < 1.29 is 40.8 Å². The first-order chi connectivity index (χ1) is 10.8. The van der Waals surface area contributed by atoms with E-state index >= 15 is 0 Å². The first-order valence-electron chi connectivity index (χ1n) is 7.24. The van der Waals surface area contributed by atoms with Gasteiger partial charge in [0.15, 0.2) is 6.61 Å². The fourth-order valence-electron chi connectivity index (χ4n) is 2.41. The van der Waals surface area contributed by atoms with Crippen LogP contribution in [0.25, 0.3) is 0 Å². The van der Waals surface area contributed by atoms with Crippen molar-refractivity contribution in [3.05, 3.63) is 12.2 Å². The number of hydrogen-bond donors (Lipinski definition) is 1. The van der Waals surface area contributed by atoms with Crippen LogP contribution in [0.4, 0.5) is 8.78 Å². The van der Waals surface area contributed by atoms with Crippen molar-refractivity contribution in [3.63, 3.8) is 0 Å². The van der Waals surface area contributed by atoms with Gasteiger partial charge in [-0.3, -0.25) is 9.35 Å². The average molecular weight is 370 g/mol. The molecule has 1 N–H and O–H groups in total. The van der Waals surface area contributed by atoms with Gasteiger partial charge in [-0.2, -0.15) is 17.2 Å². The molecule has 1 fully saturated rings. The van der Waals surface area contributed by atoms with Gasteiger partial charge in [0.05, 0.1) is 5.92 Å². The maximum absolute atomic E-state index is 13.1. The molecule has 0 aliphatic heterocycles. The van der Waals surface area contributed by atoms with E-state index in [-0.39, 0.29) is 18.4 Å². The summed E-state index contributed by atoms with van der Waals surface area (Å²) in [5.41, 5.74) is -0.715. The lowest BCUT2D eigenvalue weighted by molar-refractivity contribution is -0.160. The van der Waals surface area contributed by atoms with Gasteiger partial charge in [-0.15, -0.1) is 0 Å². The Balaban J connectivity index is 2.69. The number of carbonyl (C=O) groups is 2. The van der Waals surface area contributed by atoms with Crippen molar-refractivity contribution >= 4 is 22.1 Å². The van der Waals surface area contributed by atoms with Crippen molar-refractivity contribution in [2.24, 2.45) is 5.92 Å². The molecule has 0 heterocycles. The van der Waals surface area contributed by atoms with E-state index in [1.165, 1.54) is 6.92 Å². The fourth-order valence-corrected chi connectivity index (χ4v) is 2.62. The van der Waals surface area contributed by atoms with Crippen molar-refractivity contribution in [1.82, 2.24) is 0 Å². The second-order valence-corrected chi connectivity index (χ2v) is 7.41. The molecule has 0 aromatic carbocycles. The van der Waals surface area contributed by atoms with Gasteiger partial charge in [-0.1, -0.05) is 13.5 Å². The molecule has 1 aliphatic rings. The maximum Gasteiger partial charge on any atom is 0.402 e. The Morgan fingerprint density at radius 3 is 2.46 bits per heavy atom. The second kappa shape index (κ2) is 7.14. The SMILES string of the molecule is C=C(C)C(=O)OC1(CC)CCC(C(=O)OCC(F)(F)S(=O)(=O)O)C1. The molecule has 0 aromatic rings. The van der Waals surface area contributed by atoms with E-state index in [2.05, 4.69) is 11.3 Å². The van der Waals surface area contributed by atoms with Gasteiger partial charge >= 0.3 is 27.3 Å². The van der Waals surface area contributed by atoms with Crippen LogP contribution < -0.4 is 0 Å². The van der Waals surface area contributed by atoms with Crippen LogP contribution in [0.1, 0.15) is 39.5 Å². The monoisotopic (exact) mass is 370 g/mol. The highest BCUT2D eigenvalue weighted by Crippen LogP contribution is 2.41. The molecule has 0 aromatic heterocycles. The van der Waals surface area contributed by atoms with Crippen LogP contribution in [0.3, 0.4) is 0 Å². The Kier molecular flexibility index (Phi) is 6.10. The van der Waals surface area contributed by atoms with Crippen LogP contribution in [-0.2, 0) is 29.2 Å². The van der Waals surface area contributed by atoms with Crippen molar-refractivity contribution in [2.45, 2.75) is 50.4 Å². The van der Waals surface area contributed by atoms with Gasteiger partial charge in [0.25, 0.3) is 0 Å². The van der Waals surface area contributed by atoms with E-state index in [1.807, 2.05) is 0 Å². The smallest absolute Gasteiger partial charge is 0.402 e. The molecule has 2 unspecified atom stereocenters. The van der Waals surface area contributed by atoms with E-state index < -0.39 is 45.4 Å². The van der Waals surface area contributed by atoms with Crippen LogP contribution in [-0.4, -0.2) is 42.4 Å². The molecule has 10 heteroatoms. The average Bonchev–Trinajstić information content (AvgIpc) is 2.88. The van der Waals surface area contributed by atoms with Gasteiger partial charge in [-0.05, 0) is 26.2 Å². The molecule has 24 heavy (non-hydrogen) atoms. The molecule has 0 saturated heterocycles. The van der Waals surface area contributed by atoms with E-state index in [0.29, 0.717) is 12.8 Å². The second-order valence-electron chi connectivity index (χ2n) is 5.87. The number of alkyl halides is 2. The molecular weight excluding hydrogens is 350 g/mol. The minimum Gasteiger partial charge on any atom is -0.458 e. The summed E-state index contributed by atoms with van der Waals surface area (Å²) < 4.78 is 65.1. The van der Waals surface area contributed by atoms with Gasteiger partial charge in [0.1, 0.15) is 5.60 Å². The number of halogens is 2. The predicted molar refractivity (Wildman–Crippen MR) is 78.7 cm³/mol. The third kappa shape index (κ3) is 4.73. The first-order valence-corrected chi connectivity index (χ1v) is 8.68. The highest BCUT2D eigenvalue weighted by molar-refractivity contribution is 7.86. The van der Waals surface area contributed by atoms with E-state index in [9.17, 15) is 26.8 Å². The van der Waals surface area contributed by atoms with Crippen LogP contribution in [0.2, 0.25) is 0 Å². The third-order valence-electron chi connectivity index (χ3n) is 3.96. The zero-order valence-electron chi connectivity index (χ0n) is 13.4. The summed E-state index contributed by atoms with van der Waals surface area (Å²) in [4.78, 5) is 23.5. The number of hydrogen-bond acceptors (Lipinski definition) is 6. The molecule has 0 amide bonds. The fraction of sp³-hybridized carbons (Fsp3) is 0.714. The van der Waals surface area contributed by atoms with Crippen molar-refractivity contribution in [1.29, 1.82) is 0 Å².